The van der Waals surface area contributed by atoms with Crippen molar-refractivity contribution in [2.45, 2.75) is 37.1 Å². The van der Waals surface area contributed by atoms with Crippen LogP contribution in [-0.2, 0) is 11.2 Å². The zero-order chi connectivity index (χ0) is 16.8. The van der Waals surface area contributed by atoms with Gasteiger partial charge < -0.3 is 5.32 Å². The molecule has 23 heavy (non-hydrogen) atoms. The summed E-state index contributed by atoms with van der Waals surface area (Å²) in [4.78, 5) is 26.7. The number of rotatable bonds is 7. The fraction of sp³-hybridized carbons (Fsp3) is 0.357. The maximum Gasteiger partial charge on any atom is 0.271 e. The summed E-state index contributed by atoms with van der Waals surface area (Å²) < 4.78 is 0. The summed E-state index contributed by atoms with van der Waals surface area (Å²) in [6, 6.07) is 5.82. The summed E-state index contributed by atoms with van der Waals surface area (Å²) in [5.41, 5.74) is 0.319. The van der Waals surface area contributed by atoms with Gasteiger partial charge in [0.2, 0.25) is 11.1 Å². The maximum absolute atomic E-state index is 12.2. The Morgan fingerprint density at radius 3 is 3.00 bits per heavy atom. The average molecular weight is 335 g/mol. The molecule has 2 N–H and O–H groups in total. The van der Waals surface area contributed by atoms with E-state index in [1.165, 1.54) is 30.0 Å². The van der Waals surface area contributed by atoms with E-state index in [0.717, 1.165) is 18.7 Å². The largest absolute Gasteiger partial charge is 0.325 e. The molecule has 0 fully saturated rings. The van der Waals surface area contributed by atoms with Crippen molar-refractivity contribution in [1.82, 2.24) is 15.2 Å². The van der Waals surface area contributed by atoms with Crippen molar-refractivity contribution in [1.29, 1.82) is 0 Å². The smallest absolute Gasteiger partial charge is 0.271 e. The van der Waals surface area contributed by atoms with Gasteiger partial charge in [-0.25, -0.2) is 4.98 Å². The van der Waals surface area contributed by atoms with Gasteiger partial charge in [-0.1, -0.05) is 24.8 Å². The molecule has 1 aromatic carbocycles. The van der Waals surface area contributed by atoms with Gasteiger partial charge in [0.05, 0.1) is 10.2 Å². The third-order valence-electron chi connectivity index (χ3n) is 2.97. The molecule has 0 unspecified atom stereocenters. The van der Waals surface area contributed by atoms with Crippen LogP contribution >= 0.6 is 11.8 Å². The highest BCUT2D eigenvalue weighted by Crippen LogP contribution is 2.22. The predicted octanol–water partition coefficient (Wildman–Crippen LogP) is 2.78. The molecule has 2 aromatic rings. The van der Waals surface area contributed by atoms with E-state index in [1.54, 1.807) is 13.0 Å². The SMILES string of the molecule is CCCc1nc(S[C@@H](C)C(=O)Nc2cccc([N+](=O)[O-])c2)n[nH]1. The van der Waals surface area contributed by atoms with Crippen LogP contribution in [0.25, 0.3) is 0 Å². The fourth-order valence-electron chi connectivity index (χ4n) is 1.83. The number of anilines is 1. The van der Waals surface area contributed by atoms with E-state index in [1.807, 2.05) is 6.92 Å². The Hall–Kier alpha value is -2.42. The number of thioether (sulfide) groups is 1. The van der Waals surface area contributed by atoms with E-state index in [0.29, 0.717) is 10.8 Å². The van der Waals surface area contributed by atoms with Crippen LogP contribution in [0.5, 0.6) is 0 Å². The summed E-state index contributed by atoms with van der Waals surface area (Å²) in [6.45, 7) is 3.78. The first kappa shape index (κ1) is 16.9. The topological polar surface area (TPSA) is 114 Å². The summed E-state index contributed by atoms with van der Waals surface area (Å²) in [7, 11) is 0. The molecular weight excluding hydrogens is 318 g/mol. The normalized spacial score (nSPS) is 11.9. The number of hydrogen-bond acceptors (Lipinski definition) is 6. The molecule has 0 aliphatic carbocycles. The number of H-pyrrole nitrogens is 1. The van der Waals surface area contributed by atoms with Crippen LogP contribution in [0, 0.1) is 10.1 Å². The van der Waals surface area contributed by atoms with Crippen LogP contribution in [-0.4, -0.2) is 31.3 Å². The number of nitrogens with one attached hydrogen (secondary N) is 2. The Kier molecular flexibility index (Phi) is 5.69. The molecule has 0 aliphatic rings. The van der Waals surface area contributed by atoms with Crippen molar-refractivity contribution in [3.63, 3.8) is 0 Å². The lowest BCUT2D eigenvalue weighted by atomic mass is 10.2. The van der Waals surface area contributed by atoms with Crippen LogP contribution in [0.1, 0.15) is 26.1 Å². The molecular formula is C14H17N5O3S. The number of nitro benzene ring substituents is 1. The molecule has 8 nitrogen and oxygen atoms in total. The second-order valence-electron chi connectivity index (χ2n) is 4.87. The number of carbonyl (C=O) groups is 1. The van der Waals surface area contributed by atoms with E-state index in [9.17, 15) is 14.9 Å². The van der Waals surface area contributed by atoms with Crippen molar-refractivity contribution < 1.29 is 9.72 Å². The lowest BCUT2D eigenvalue weighted by Crippen LogP contribution is -2.22. The van der Waals surface area contributed by atoms with Crippen LogP contribution in [0.3, 0.4) is 0 Å². The predicted molar refractivity (Wildman–Crippen MR) is 87.4 cm³/mol. The van der Waals surface area contributed by atoms with Gasteiger partial charge in [-0.15, -0.1) is 5.10 Å². The van der Waals surface area contributed by atoms with Gasteiger partial charge in [-0.05, 0) is 19.4 Å². The van der Waals surface area contributed by atoms with E-state index in [4.69, 9.17) is 0 Å². The minimum atomic E-state index is -0.503. The fourth-order valence-corrected chi connectivity index (χ4v) is 2.58. The number of aromatic amines is 1. The standard InChI is InChI=1S/C14H17N5O3S/c1-3-5-12-16-14(18-17-12)23-9(2)13(20)15-10-6-4-7-11(8-10)19(21)22/h4,6-9H,3,5H2,1-2H3,(H,15,20)(H,16,17,18)/t9-/m0/s1. The highest BCUT2D eigenvalue weighted by atomic mass is 32.2. The third-order valence-corrected chi connectivity index (χ3v) is 3.93. The lowest BCUT2D eigenvalue weighted by Gasteiger charge is -2.09. The molecule has 1 aromatic heterocycles. The minimum absolute atomic E-state index is 0.0683. The van der Waals surface area contributed by atoms with E-state index in [-0.39, 0.29) is 11.6 Å². The summed E-state index contributed by atoms with van der Waals surface area (Å²) in [5.74, 6) is 0.527. The van der Waals surface area contributed by atoms with Gasteiger partial charge in [0.15, 0.2) is 0 Å². The van der Waals surface area contributed by atoms with Crippen molar-refractivity contribution in [3.05, 3.63) is 40.2 Å². The number of aryl methyl sites for hydroxylation is 1. The molecule has 0 bridgehead atoms. The van der Waals surface area contributed by atoms with Crippen LogP contribution in [0.2, 0.25) is 0 Å². The second kappa shape index (κ2) is 7.73. The molecule has 0 aliphatic heterocycles. The number of benzene rings is 1. The molecule has 2 rings (SSSR count). The Labute approximate surface area is 137 Å². The van der Waals surface area contributed by atoms with Crippen molar-refractivity contribution in [3.8, 4) is 0 Å². The molecule has 9 heteroatoms. The van der Waals surface area contributed by atoms with Gasteiger partial charge >= 0.3 is 0 Å². The van der Waals surface area contributed by atoms with Crippen molar-refractivity contribution >= 4 is 29.0 Å². The van der Waals surface area contributed by atoms with Gasteiger partial charge in [0, 0.05) is 24.2 Å². The Morgan fingerprint density at radius 2 is 2.30 bits per heavy atom. The molecule has 1 atom stereocenters. The third kappa shape index (κ3) is 4.78. The zero-order valence-corrected chi connectivity index (χ0v) is 13.6. The van der Waals surface area contributed by atoms with E-state index < -0.39 is 10.2 Å². The number of non-ortho nitro benzene ring substituents is 1. The van der Waals surface area contributed by atoms with Gasteiger partial charge in [0.25, 0.3) is 5.69 Å². The highest BCUT2D eigenvalue weighted by molar-refractivity contribution is 8.00. The quantitative estimate of drug-likeness (QED) is 0.457. The molecule has 0 saturated carbocycles. The number of aromatic nitrogens is 3. The van der Waals surface area contributed by atoms with E-state index >= 15 is 0 Å². The van der Waals surface area contributed by atoms with Crippen LogP contribution in [0.4, 0.5) is 11.4 Å². The van der Waals surface area contributed by atoms with Crippen LogP contribution < -0.4 is 5.32 Å². The number of carbonyl (C=O) groups excluding carboxylic acids is 1. The van der Waals surface area contributed by atoms with Gasteiger partial charge in [0.1, 0.15) is 5.82 Å². The Morgan fingerprint density at radius 1 is 1.52 bits per heavy atom. The molecule has 122 valence electrons. The van der Waals surface area contributed by atoms with Crippen molar-refractivity contribution in [2.75, 3.05) is 5.32 Å². The van der Waals surface area contributed by atoms with Gasteiger partial charge in [-0.3, -0.25) is 20.0 Å². The zero-order valence-electron chi connectivity index (χ0n) is 12.8. The molecule has 0 radical (unpaired) electrons. The first-order valence-electron chi connectivity index (χ1n) is 7.13. The molecule has 1 heterocycles. The van der Waals surface area contributed by atoms with Gasteiger partial charge in [-0.2, -0.15) is 0 Å². The summed E-state index contributed by atoms with van der Waals surface area (Å²) >= 11 is 1.23. The van der Waals surface area contributed by atoms with Crippen molar-refractivity contribution in [2.24, 2.45) is 0 Å². The maximum atomic E-state index is 12.2. The minimum Gasteiger partial charge on any atom is -0.325 e. The summed E-state index contributed by atoms with van der Waals surface area (Å²) in [5, 5.41) is 20.4. The first-order chi connectivity index (χ1) is 11.0. The first-order valence-corrected chi connectivity index (χ1v) is 8.00. The molecule has 1 amide bonds. The Balaban J connectivity index is 1.96. The average Bonchev–Trinajstić information content (AvgIpc) is 2.95. The van der Waals surface area contributed by atoms with Crippen LogP contribution in [0.15, 0.2) is 29.4 Å². The number of nitrogens with zero attached hydrogens (tertiary/aromatic N) is 3. The Bertz CT molecular complexity index is 703. The molecule has 0 saturated heterocycles. The van der Waals surface area contributed by atoms with E-state index in [2.05, 4.69) is 20.5 Å². The summed E-state index contributed by atoms with van der Waals surface area (Å²) in [6.07, 6.45) is 1.77. The number of nitro groups is 1. The second-order valence-corrected chi connectivity index (χ2v) is 6.18. The lowest BCUT2D eigenvalue weighted by molar-refractivity contribution is -0.384. The number of amides is 1. The molecule has 0 spiro atoms. The monoisotopic (exact) mass is 335 g/mol. The highest BCUT2D eigenvalue weighted by Gasteiger charge is 2.18. The number of hydrogen-bond donors (Lipinski definition) is 2.